The third-order valence-corrected chi connectivity index (χ3v) is 4.26. The quantitative estimate of drug-likeness (QED) is 0.721. The second kappa shape index (κ2) is 8.03. The normalized spacial score (nSPS) is 10.7. The molecule has 3 aromatic rings. The van der Waals surface area contributed by atoms with Crippen LogP contribution in [-0.2, 0) is 6.42 Å². The smallest absolute Gasteiger partial charge is 0.252 e. The highest BCUT2D eigenvalue weighted by atomic mass is 19.1. The van der Waals surface area contributed by atoms with Gasteiger partial charge < -0.3 is 14.8 Å². The fourth-order valence-corrected chi connectivity index (χ4v) is 2.95. The number of methoxy groups -OCH3 is 2. The molecule has 2 aromatic carbocycles. The Morgan fingerprint density at radius 2 is 1.78 bits per heavy atom. The average molecular weight is 368 g/mol. The lowest BCUT2D eigenvalue weighted by Gasteiger charge is -2.11. The maximum atomic E-state index is 13.5. The largest absolute Gasteiger partial charge is 0.497 e. The van der Waals surface area contributed by atoms with Gasteiger partial charge in [-0.3, -0.25) is 9.78 Å². The molecule has 27 heavy (non-hydrogen) atoms. The van der Waals surface area contributed by atoms with Crippen LogP contribution in [0.25, 0.3) is 10.9 Å². The fraction of sp³-hybridized carbons (Fsp3) is 0.238. The first-order valence-electron chi connectivity index (χ1n) is 8.57. The zero-order valence-corrected chi connectivity index (χ0v) is 15.5. The Morgan fingerprint density at radius 3 is 2.44 bits per heavy atom. The predicted molar refractivity (Wildman–Crippen MR) is 102 cm³/mol. The SMILES string of the molecule is COc1cc(CCNC(=O)c2cc(C)nc3cc(F)ccc23)cc(OC)c1. The molecule has 5 nitrogen and oxygen atoms in total. The van der Waals surface area contributed by atoms with Crippen LogP contribution in [0.1, 0.15) is 21.6 Å². The van der Waals surface area contributed by atoms with Crippen molar-refractivity contribution in [1.82, 2.24) is 10.3 Å². The number of rotatable bonds is 6. The van der Waals surface area contributed by atoms with E-state index in [1.807, 2.05) is 12.1 Å². The second-order valence-electron chi connectivity index (χ2n) is 6.20. The first kappa shape index (κ1) is 18.6. The van der Waals surface area contributed by atoms with Crippen molar-refractivity contribution in [2.45, 2.75) is 13.3 Å². The maximum Gasteiger partial charge on any atom is 0.252 e. The number of hydrogen-bond acceptors (Lipinski definition) is 4. The molecule has 0 bridgehead atoms. The van der Waals surface area contributed by atoms with E-state index >= 15 is 0 Å². The molecule has 0 aliphatic rings. The number of nitrogens with one attached hydrogen (secondary N) is 1. The number of carbonyl (C=O) groups is 1. The molecule has 1 N–H and O–H groups in total. The van der Waals surface area contributed by atoms with Gasteiger partial charge in [-0.25, -0.2) is 4.39 Å². The standard InChI is InChI=1S/C21H21FN2O3/c1-13-8-19(18-5-4-15(22)11-20(18)24-13)21(25)23-7-6-14-9-16(26-2)12-17(10-14)27-3/h4-5,8-12H,6-7H2,1-3H3,(H,23,25). The summed E-state index contributed by atoms with van der Waals surface area (Å²) in [7, 11) is 3.19. The average Bonchev–Trinajstić information content (AvgIpc) is 2.66. The molecule has 0 spiro atoms. The van der Waals surface area contributed by atoms with Crippen molar-refractivity contribution >= 4 is 16.8 Å². The van der Waals surface area contributed by atoms with E-state index in [9.17, 15) is 9.18 Å². The lowest BCUT2D eigenvalue weighted by molar-refractivity contribution is 0.0955. The summed E-state index contributed by atoms with van der Waals surface area (Å²) in [5.74, 6) is 0.813. The Morgan fingerprint density at radius 1 is 1.07 bits per heavy atom. The van der Waals surface area contributed by atoms with Crippen molar-refractivity contribution in [2.24, 2.45) is 0 Å². The van der Waals surface area contributed by atoms with Crippen LogP contribution in [0.15, 0.2) is 42.5 Å². The Balaban J connectivity index is 1.74. The van der Waals surface area contributed by atoms with Crippen LogP contribution in [-0.4, -0.2) is 31.7 Å². The highest BCUT2D eigenvalue weighted by molar-refractivity contribution is 6.06. The number of aryl methyl sites for hydroxylation is 1. The number of ether oxygens (including phenoxy) is 2. The van der Waals surface area contributed by atoms with E-state index in [0.717, 1.165) is 5.56 Å². The van der Waals surface area contributed by atoms with Gasteiger partial charge in [0.25, 0.3) is 5.91 Å². The van der Waals surface area contributed by atoms with E-state index in [0.29, 0.717) is 46.6 Å². The van der Waals surface area contributed by atoms with Crippen LogP contribution in [0, 0.1) is 12.7 Å². The molecule has 6 heteroatoms. The molecule has 3 rings (SSSR count). The van der Waals surface area contributed by atoms with E-state index in [2.05, 4.69) is 10.3 Å². The van der Waals surface area contributed by atoms with Crippen LogP contribution >= 0.6 is 0 Å². The van der Waals surface area contributed by atoms with Crippen LogP contribution in [0.2, 0.25) is 0 Å². The number of aromatic nitrogens is 1. The Hall–Kier alpha value is -3.15. The van der Waals surface area contributed by atoms with Crippen molar-refractivity contribution in [3.8, 4) is 11.5 Å². The topological polar surface area (TPSA) is 60.5 Å². The molecule has 1 heterocycles. The van der Waals surface area contributed by atoms with Crippen LogP contribution in [0.3, 0.4) is 0 Å². The first-order valence-corrected chi connectivity index (χ1v) is 8.57. The highest BCUT2D eigenvalue weighted by Gasteiger charge is 2.12. The van der Waals surface area contributed by atoms with Gasteiger partial charge in [0.05, 0.1) is 25.3 Å². The minimum Gasteiger partial charge on any atom is -0.497 e. The van der Waals surface area contributed by atoms with Gasteiger partial charge in [0, 0.05) is 29.8 Å². The highest BCUT2D eigenvalue weighted by Crippen LogP contribution is 2.23. The van der Waals surface area contributed by atoms with Gasteiger partial charge in [0.1, 0.15) is 17.3 Å². The Labute approximate surface area is 157 Å². The molecule has 0 atom stereocenters. The van der Waals surface area contributed by atoms with E-state index in [1.165, 1.54) is 12.1 Å². The van der Waals surface area contributed by atoms with E-state index < -0.39 is 0 Å². The summed E-state index contributed by atoms with van der Waals surface area (Å²) in [6.07, 6.45) is 0.621. The summed E-state index contributed by atoms with van der Waals surface area (Å²) >= 11 is 0. The third kappa shape index (κ3) is 4.34. The van der Waals surface area contributed by atoms with Crippen molar-refractivity contribution < 1.29 is 18.7 Å². The molecule has 0 fully saturated rings. The van der Waals surface area contributed by atoms with E-state index in [1.54, 1.807) is 39.3 Å². The Bertz CT molecular complexity index is 961. The minimum atomic E-state index is -0.376. The summed E-state index contributed by atoms with van der Waals surface area (Å²) in [4.78, 5) is 16.9. The molecule has 0 radical (unpaired) electrons. The molecule has 0 aliphatic heterocycles. The summed E-state index contributed by atoms with van der Waals surface area (Å²) in [6.45, 7) is 2.23. The van der Waals surface area contributed by atoms with Gasteiger partial charge in [-0.05, 0) is 49.2 Å². The minimum absolute atomic E-state index is 0.216. The summed E-state index contributed by atoms with van der Waals surface area (Å²) in [6, 6.07) is 11.6. The summed E-state index contributed by atoms with van der Waals surface area (Å²) in [5.41, 5.74) is 2.61. The van der Waals surface area contributed by atoms with Crippen molar-refractivity contribution in [2.75, 3.05) is 20.8 Å². The molecule has 1 amide bonds. The van der Waals surface area contributed by atoms with Crippen molar-refractivity contribution in [1.29, 1.82) is 0 Å². The zero-order valence-electron chi connectivity index (χ0n) is 15.5. The third-order valence-electron chi connectivity index (χ3n) is 4.26. The van der Waals surface area contributed by atoms with Crippen LogP contribution in [0.4, 0.5) is 4.39 Å². The van der Waals surface area contributed by atoms with Gasteiger partial charge in [0.2, 0.25) is 0 Å². The number of benzene rings is 2. The molecule has 1 aromatic heterocycles. The monoisotopic (exact) mass is 368 g/mol. The predicted octanol–water partition coefficient (Wildman–Crippen LogP) is 3.67. The lowest BCUT2D eigenvalue weighted by atomic mass is 10.1. The van der Waals surface area contributed by atoms with Gasteiger partial charge >= 0.3 is 0 Å². The van der Waals surface area contributed by atoms with Gasteiger partial charge in [-0.2, -0.15) is 0 Å². The summed E-state index contributed by atoms with van der Waals surface area (Å²) < 4.78 is 24.0. The van der Waals surface area contributed by atoms with E-state index in [-0.39, 0.29) is 11.7 Å². The number of nitrogens with zero attached hydrogens (tertiary/aromatic N) is 1. The maximum absolute atomic E-state index is 13.5. The fourth-order valence-electron chi connectivity index (χ4n) is 2.95. The number of fused-ring (bicyclic) bond motifs is 1. The number of pyridine rings is 1. The zero-order chi connectivity index (χ0) is 19.4. The van der Waals surface area contributed by atoms with Gasteiger partial charge in [0.15, 0.2) is 0 Å². The van der Waals surface area contributed by atoms with Crippen LogP contribution in [0.5, 0.6) is 11.5 Å². The molecule has 0 aliphatic carbocycles. The van der Waals surface area contributed by atoms with Crippen molar-refractivity contribution in [3.05, 3.63) is 65.1 Å². The number of amides is 1. The molecule has 0 saturated heterocycles. The number of hydrogen-bond donors (Lipinski definition) is 1. The van der Waals surface area contributed by atoms with E-state index in [4.69, 9.17) is 9.47 Å². The molecular formula is C21H21FN2O3. The van der Waals surface area contributed by atoms with Crippen LogP contribution < -0.4 is 14.8 Å². The van der Waals surface area contributed by atoms with Crippen molar-refractivity contribution in [3.63, 3.8) is 0 Å². The first-order chi connectivity index (χ1) is 13.0. The lowest BCUT2D eigenvalue weighted by Crippen LogP contribution is -2.26. The number of halogens is 1. The second-order valence-corrected chi connectivity index (χ2v) is 6.20. The molecular weight excluding hydrogens is 347 g/mol. The Kier molecular flexibility index (Phi) is 5.54. The summed E-state index contributed by atoms with van der Waals surface area (Å²) in [5, 5.41) is 3.54. The number of carbonyl (C=O) groups excluding carboxylic acids is 1. The van der Waals surface area contributed by atoms with Gasteiger partial charge in [-0.1, -0.05) is 0 Å². The molecule has 0 saturated carbocycles. The van der Waals surface area contributed by atoms with Gasteiger partial charge in [-0.15, -0.1) is 0 Å². The molecule has 0 unspecified atom stereocenters. The molecule has 140 valence electrons.